The van der Waals surface area contributed by atoms with E-state index < -0.39 is 12.6 Å². The van der Waals surface area contributed by atoms with Crippen LogP contribution in [0.2, 0.25) is 5.02 Å². The van der Waals surface area contributed by atoms with Gasteiger partial charge in [-0.15, -0.1) is 0 Å². The molecule has 0 radical (unpaired) electrons. The Morgan fingerprint density at radius 3 is 2.68 bits per heavy atom. The summed E-state index contributed by atoms with van der Waals surface area (Å²) in [5.41, 5.74) is 1.42. The highest BCUT2D eigenvalue weighted by Gasteiger charge is 2.35. The maximum absolute atomic E-state index is 12.6. The van der Waals surface area contributed by atoms with Crippen molar-refractivity contribution in [3.63, 3.8) is 0 Å². The Kier molecular flexibility index (Phi) is 6.43. The Hall–Kier alpha value is -2.29. The normalized spacial score (nSPS) is 15.4. The molecule has 1 heterocycles. The van der Waals surface area contributed by atoms with Crippen molar-refractivity contribution in [3.8, 4) is 5.75 Å². The predicted molar refractivity (Wildman–Crippen MR) is 110 cm³/mol. The van der Waals surface area contributed by atoms with Crippen molar-refractivity contribution in [1.29, 1.82) is 0 Å². The molecule has 1 fully saturated rings. The van der Waals surface area contributed by atoms with Gasteiger partial charge in [0.05, 0.1) is 16.5 Å². The standard InChI is InChI=1S/C19H13BrClNO5S/c20-13-4-2-1-3-12(13)9-22-18(25)16(28-19(22)26)8-11-5-6-15(14(21)7-11)27-10-17(23)24/h1-8H,9-10H2,(H,23,24)/b16-8-. The first-order valence-electron chi connectivity index (χ1n) is 7.98. The van der Waals surface area contributed by atoms with Crippen molar-refractivity contribution in [2.75, 3.05) is 6.61 Å². The molecular formula is C19H13BrClNO5S. The highest BCUT2D eigenvalue weighted by atomic mass is 79.9. The van der Waals surface area contributed by atoms with Crippen molar-refractivity contribution in [1.82, 2.24) is 4.90 Å². The molecule has 28 heavy (non-hydrogen) atoms. The van der Waals surface area contributed by atoms with E-state index in [2.05, 4.69) is 15.9 Å². The van der Waals surface area contributed by atoms with Gasteiger partial charge in [0.2, 0.25) is 0 Å². The molecule has 2 aromatic rings. The molecule has 1 saturated heterocycles. The van der Waals surface area contributed by atoms with Gasteiger partial charge >= 0.3 is 5.97 Å². The number of hydrogen-bond acceptors (Lipinski definition) is 5. The first-order valence-corrected chi connectivity index (χ1v) is 9.97. The molecule has 1 aliphatic heterocycles. The molecule has 0 spiro atoms. The molecule has 0 unspecified atom stereocenters. The molecular weight excluding hydrogens is 470 g/mol. The Morgan fingerprint density at radius 1 is 1.25 bits per heavy atom. The Balaban J connectivity index is 1.77. The molecule has 1 N–H and O–H groups in total. The molecule has 2 amide bonds. The van der Waals surface area contributed by atoms with Gasteiger partial charge in [-0.25, -0.2) is 4.79 Å². The topological polar surface area (TPSA) is 83.9 Å². The number of benzene rings is 2. The van der Waals surface area contributed by atoms with Crippen LogP contribution in [0.5, 0.6) is 5.75 Å². The van der Waals surface area contributed by atoms with Gasteiger partial charge in [0, 0.05) is 4.47 Å². The van der Waals surface area contributed by atoms with Crippen LogP contribution in [0.4, 0.5) is 4.79 Å². The Bertz CT molecular complexity index is 994. The molecule has 2 aromatic carbocycles. The van der Waals surface area contributed by atoms with Gasteiger partial charge in [-0.05, 0) is 47.2 Å². The fraction of sp³-hybridized carbons (Fsp3) is 0.105. The second-order valence-corrected chi connectivity index (χ2v) is 7.99. The second kappa shape index (κ2) is 8.81. The second-order valence-electron chi connectivity index (χ2n) is 5.73. The van der Waals surface area contributed by atoms with E-state index in [0.717, 1.165) is 21.8 Å². The number of halogens is 2. The van der Waals surface area contributed by atoms with Crippen molar-refractivity contribution >= 4 is 62.5 Å². The van der Waals surface area contributed by atoms with E-state index in [-0.39, 0.29) is 33.4 Å². The smallest absolute Gasteiger partial charge is 0.341 e. The highest BCUT2D eigenvalue weighted by molar-refractivity contribution is 9.10. The van der Waals surface area contributed by atoms with Crippen LogP contribution < -0.4 is 4.74 Å². The number of carbonyl (C=O) groups is 3. The molecule has 0 aromatic heterocycles. The van der Waals surface area contributed by atoms with E-state index in [4.69, 9.17) is 21.4 Å². The van der Waals surface area contributed by atoms with Crippen molar-refractivity contribution in [3.05, 3.63) is 68.0 Å². The lowest BCUT2D eigenvalue weighted by atomic mass is 10.2. The molecule has 0 aliphatic carbocycles. The van der Waals surface area contributed by atoms with Crippen LogP contribution in [0.25, 0.3) is 6.08 Å². The van der Waals surface area contributed by atoms with Crippen molar-refractivity contribution < 1.29 is 24.2 Å². The van der Waals surface area contributed by atoms with Crippen LogP contribution in [-0.4, -0.2) is 33.7 Å². The number of thioether (sulfide) groups is 1. The maximum Gasteiger partial charge on any atom is 0.341 e. The highest BCUT2D eigenvalue weighted by Crippen LogP contribution is 2.35. The summed E-state index contributed by atoms with van der Waals surface area (Å²) in [6.45, 7) is -0.334. The molecule has 0 saturated carbocycles. The minimum absolute atomic E-state index is 0.173. The zero-order valence-corrected chi connectivity index (χ0v) is 17.4. The van der Waals surface area contributed by atoms with E-state index >= 15 is 0 Å². The summed E-state index contributed by atoms with van der Waals surface area (Å²) in [5.74, 6) is -1.27. The predicted octanol–water partition coefficient (Wildman–Crippen LogP) is 4.80. The number of carboxylic acids is 1. The number of carboxylic acid groups (broad SMARTS) is 1. The van der Waals surface area contributed by atoms with Crippen LogP contribution in [0.1, 0.15) is 11.1 Å². The van der Waals surface area contributed by atoms with E-state index in [1.807, 2.05) is 24.3 Å². The maximum atomic E-state index is 12.6. The van der Waals surface area contributed by atoms with Crippen LogP contribution in [0, 0.1) is 0 Å². The van der Waals surface area contributed by atoms with Crippen molar-refractivity contribution in [2.45, 2.75) is 6.54 Å². The van der Waals surface area contributed by atoms with Crippen LogP contribution in [0.3, 0.4) is 0 Å². The first kappa shape index (κ1) is 20.4. The zero-order valence-electron chi connectivity index (χ0n) is 14.2. The molecule has 3 rings (SSSR count). The van der Waals surface area contributed by atoms with Crippen LogP contribution >= 0.6 is 39.3 Å². The van der Waals surface area contributed by atoms with Gasteiger partial charge in [-0.2, -0.15) is 0 Å². The monoisotopic (exact) mass is 481 g/mol. The summed E-state index contributed by atoms with van der Waals surface area (Å²) in [5, 5.41) is 8.52. The number of rotatable bonds is 6. The number of nitrogens with zero attached hydrogens (tertiary/aromatic N) is 1. The Morgan fingerprint density at radius 2 is 2.00 bits per heavy atom. The van der Waals surface area contributed by atoms with Gasteiger partial charge in [-0.3, -0.25) is 14.5 Å². The van der Waals surface area contributed by atoms with Gasteiger partial charge in [0.1, 0.15) is 5.75 Å². The number of ether oxygens (including phenoxy) is 1. The third kappa shape index (κ3) is 4.76. The average molecular weight is 483 g/mol. The van der Waals surface area contributed by atoms with Gasteiger partial charge in [0.15, 0.2) is 6.61 Å². The van der Waals surface area contributed by atoms with Crippen molar-refractivity contribution in [2.24, 2.45) is 0 Å². The molecule has 9 heteroatoms. The number of amides is 2. The molecule has 1 aliphatic rings. The summed E-state index contributed by atoms with van der Waals surface area (Å²) in [7, 11) is 0. The fourth-order valence-corrected chi connectivity index (χ4v) is 3.94. The zero-order chi connectivity index (χ0) is 20.3. The van der Waals surface area contributed by atoms with Crippen LogP contribution in [0.15, 0.2) is 51.8 Å². The fourth-order valence-electron chi connectivity index (χ4n) is 2.45. The molecule has 0 atom stereocenters. The lowest BCUT2D eigenvalue weighted by molar-refractivity contribution is -0.139. The Labute approximate surface area is 178 Å². The van der Waals surface area contributed by atoms with Gasteiger partial charge in [-0.1, -0.05) is 51.8 Å². The average Bonchev–Trinajstić information content (AvgIpc) is 2.90. The van der Waals surface area contributed by atoms with E-state index in [9.17, 15) is 14.4 Å². The van der Waals surface area contributed by atoms with E-state index in [0.29, 0.717) is 5.56 Å². The lowest BCUT2D eigenvalue weighted by Crippen LogP contribution is -2.27. The minimum Gasteiger partial charge on any atom is -0.480 e. The lowest BCUT2D eigenvalue weighted by Gasteiger charge is -2.13. The third-order valence-electron chi connectivity index (χ3n) is 3.76. The summed E-state index contributed by atoms with van der Waals surface area (Å²) in [4.78, 5) is 37.0. The number of imide groups is 1. The SMILES string of the molecule is O=C(O)COc1ccc(/C=C2\SC(=O)N(Cc3ccccc3Br)C2=O)cc1Cl. The minimum atomic E-state index is -1.11. The number of aliphatic carboxylic acids is 1. The largest absolute Gasteiger partial charge is 0.480 e. The number of carbonyl (C=O) groups excluding carboxylic acids is 2. The van der Waals surface area contributed by atoms with E-state index in [1.165, 1.54) is 11.0 Å². The van der Waals surface area contributed by atoms with Gasteiger partial charge < -0.3 is 9.84 Å². The van der Waals surface area contributed by atoms with E-state index in [1.54, 1.807) is 18.2 Å². The third-order valence-corrected chi connectivity index (χ3v) is 5.74. The quantitative estimate of drug-likeness (QED) is 0.595. The number of hydrogen-bond donors (Lipinski definition) is 1. The summed E-state index contributed by atoms with van der Waals surface area (Å²) < 4.78 is 5.89. The first-order chi connectivity index (χ1) is 13.3. The summed E-state index contributed by atoms with van der Waals surface area (Å²) in [6, 6.07) is 12.1. The molecule has 144 valence electrons. The molecule has 0 bridgehead atoms. The molecule has 6 nitrogen and oxygen atoms in total. The van der Waals surface area contributed by atoms with Crippen LogP contribution in [-0.2, 0) is 16.1 Å². The summed E-state index contributed by atoms with van der Waals surface area (Å²) >= 11 is 10.4. The van der Waals surface area contributed by atoms with Gasteiger partial charge in [0.25, 0.3) is 11.1 Å². The summed E-state index contributed by atoms with van der Waals surface area (Å²) in [6.07, 6.45) is 1.57.